The first-order valence-corrected chi connectivity index (χ1v) is 7.52. The maximum absolute atomic E-state index is 12.1. The molecule has 1 aromatic carbocycles. The summed E-state index contributed by atoms with van der Waals surface area (Å²) in [5, 5.41) is 2.95. The van der Waals surface area contributed by atoms with Crippen LogP contribution in [0.2, 0.25) is 0 Å². The summed E-state index contributed by atoms with van der Waals surface area (Å²) < 4.78 is 0. The van der Waals surface area contributed by atoms with Crippen molar-refractivity contribution in [2.75, 3.05) is 25.0 Å². The zero-order chi connectivity index (χ0) is 14.4. The molecular weight excluding hydrogens is 250 g/mol. The largest absolute Gasteiger partial charge is 0.326 e. The summed E-state index contributed by atoms with van der Waals surface area (Å²) in [7, 11) is 0. The summed E-state index contributed by atoms with van der Waals surface area (Å²) in [5.41, 5.74) is 7.47. The van der Waals surface area contributed by atoms with Gasteiger partial charge < -0.3 is 11.1 Å². The number of carbonyl (C=O) groups excluding carboxylic acids is 1. The van der Waals surface area contributed by atoms with Crippen molar-refractivity contribution in [2.24, 2.45) is 11.7 Å². The number of rotatable bonds is 7. The minimum absolute atomic E-state index is 0.0559. The Morgan fingerprint density at radius 1 is 1.45 bits per heavy atom. The van der Waals surface area contributed by atoms with Crippen molar-refractivity contribution in [3.05, 3.63) is 29.8 Å². The fourth-order valence-electron chi connectivity index (χ4n) is 2.53. The van der Waals surface area contributed by atoms with Gasteiger partial charge in [-0.25, -0.2) is 0 Å². The van der Waals surface area contributed by atoms with Gasteiger partial charge in [-0.1, -0.05) is 25.5 Å². The molecule has 2 rings (SSSR count). The quantitative estimate of drug-likeness (QED) is 0.802. The van der Waals surface area contributed by atoms with Crippen LogP contribution in [0.4, 0.5) is 5.69 Å². The first kappa shape index (κ1) is 15.0. The average molecular weight is 275 g/mol. The molecule has 0 saturated heterocycles. The van der Waals surface area contributed by atoms with Gasteiger partial charge in [0.2, 0.25) is 5.91 Å². The normalized spacial score (nSPS) is 15.2. The summed E-state index contributed by atoms with van der Waals surface area (Å²) in [6.45, 7) is 5.05. The van der Waals surface area contributed by atoms with Gasteiger partial charge in [-0.2, -0.15) is 0 Å². The molecule has 1 aliphatic rings. The SMILES string of the molecule is CCN(CC(=O)Nc1cccc(CN)c1)CC1CCC1. The van der Waals surface area contributed by atoms with Crippen LogP contribution in [-0.4, -0.2) is 30.4 Å². The Morgan fingerprint density at radius 3 is 2.85 bits per heavy atom. The lowest BCUT2D eigenvalue weighted by Crippen LogP contribution is -2.38. The van der Waals surface area contributed by atoms with Crippen molar-refractivity contribution in [3.63, 3.8) is 0 Å². The second-order valence-corrected chi connectivity index (χ2v) is 5.58. The third kappa shape index (κ3) is 4.32. The molecule has 1 aromatic rings. The maximum Gasteiger partial charge on any atom is 0.238 e. The van der Waals surface area contributed by atoms with E-state index in [-0.39, 0.29) is 5.91 Å². The molecule has 1 saturated carbocycles. The first-order chi connectivity index (χ1) is 9.71. The Morgan fingerprint density at radius 2 is 2.25 bits per heavy atom. The van der Waals surface area contributed by atoms with Crippen molar-refractivity contribution in [3.8, 4) is 0 Å². The van der Waals surface area contributed by atoms with E-state index in [1.807, 2.05) is 24.3 Å². The third-order valence-corrected chi connectivity index (χ3v) is 4.00. The van der Waals surface area contributed by atoms with Crippen molar-refractivity contribution < 1.29 is 4.79 Å². The van der Waals surface area contributed by atoms with Crippen LogP contribution in [0.3, 0.4) is 0 Å². The highest BCUT2D eigenvalue weighted by Crippen LogP contribution is 2.26. The van der Waals surface area contributed by atoms with E-state index in [4.69, 9.17) is 5.73 Å². The summed E-state index contributed by atoms with van der Waals surface area (Å²) in [5.74, 6) is 0.851. The molecule has 0 atom stereocenters. The standard InChI is InChI=1S/C16H25N3O/c1-2-19(11-13-5-3-6-13)12-16(20)18-15-8-4-7-14(9-15)10-17/h4,7-9,13H,2-3,5-6,10-12,17H2,1H3,(H,18,20). The van der Waals surface area contributed by atoms with E-state index in [2.05, 4.69) is 17.1 Å². The maximum atomic E-state index is 12.1. The molecule has 4 nitrogen and oxygen atoms in total. The van der Waals surface area contributed by atoms with Crippen LogP contribution in [-0.2, 0) is 11.3 Å². The number of nitrogens with zero attached hydrogens (tertiary/aromatic N) is 1. The number of anilines is 1. The van der Waals surface area contributed by atoms with E-state index < -0.39 is 0 Å². The van der Waals surface area contributed by atoms with Crippen LogP contribution in [0.5, 0.6) is 0 Å². The molecule has 0 aromatic heterocycles. The molecule has 0 radical (unpaired) electrons. The van der Waals surface area contributed by atoms with Gasteiger partial charge in [0.25, 0.3) is 0 Å². The molecule has 3 N–H and O–H groups in total. The molecule has 0 unspecified atom stereocenters. The van der Waals surface area contributed by atoms with Crippen LogP contribution in [0.1, 0.15) is 31.7 Å². The van der Waals surface area contributed by atoms with Gasteiger partial charge in [0.1, 0.15) is 0 Å². The van der Waals surface area contributed by atoms with E-state index in [1.54, 1.807) is 0 Å². The fourth-order valence-corrected chi connectivity index (χ4v) is 2.53. The van der Waals surface area contributed by atoms with Crippen molar-refractivity contribution in [1.29, 1.82) is 0 Å². The molecule has 20 heavy (non-hydrogen) atoms. The van der Waals surface area contributed by atoms with Gasteiger partial charge >= 0.3 is 0 Å². The molecule has 0 heterocycles. The molecule has 1 fully saturated rings. The number of amides is 1. The molecular formula is C16H25N3O. The number of nitrogens with one attached hydrogen (secondary N) is 1. The van der Waals surface area contributed by atoms with Crippen LogP contribution < -0.4 is 11.1 Å². The Kier molecular flexibility index (Phi) is 5.56. The Bertz CT molecular complexity index is 443. The molecule has 1 amide bonds. The van der Waals surface area contributed by atoms with Crippen LogP contribution in [0.25, 0.3) is 0 Å². The first-order valence-electron chi connectivity index (χ1n) is 7.52. The summed E-state index contributed by atoms with van der Waals surface area (Å²) >= 11 is 0. The Labute approximate surface area is 121 Å². The van der Waals surface area contributed by atoms with E-state index in [9.17, 15) is 4.79 Å². The number of nitrogens with two attached hydrogens (primary N) is 1. The third-order valence-electron chi connectivity index (χ3n) is 4.00. The van der Waals surface area contributed by atoms with E-state index in [1.165, 1.54) is 19.3 Å². The van der Waals surface area contributed by atoms with Gasteiger partial charge in [0, 0.05) is 18.8 Å². The predicted octanol–water partition coefficient (Wildman–Crippen LogP) is 2.21. The van der Waals surface area contributed by atoms with Gasteiger partial charge in [-0.05, 0) is 43.0 Å². The number of likely N-dealkylation sites (N-methyl/N-ethyl adjacent to an activating group) is 1. The molecule has 1 aliphatic carbocycles. The summed E-state index contributed by atoms with van der Waals surface area (Å²) in [6.07, 6.45) is 3.98. The number of carbonyl (C=O) groups is 1. The highest BCUT2D eigenvalue weighted by Gasteiger charge is 2.21. The smallest absolute Gasteiger partial charge is 0.238 e. The lowest BCUT2D eigenvalue weighted by Gasteiger charge is -2.31. The van der Waals surface area contributed by atoms with E-state index in [0.29, 0.717) is 13.1 Å². The van der Waals surface area contributed by atoms with Crippen LogP contribution in [0.15, 0.2) is 24.3 Å². The lowest BCUT2D eigenvalue weighted by atomic mass is 9.85. The van der Waals surface area contributed by atoms with E-state index >= 15 is 0 Å². The van der Waals surface area contributed by atoms with Crippen LogP contribution >= 0.6 is 0 Å². The second-order valence-electron chi connectivity index (χ2n) is 5.58. The molecule has 4 heteroatoms. The number of hydrogen-bond acceptors (Lipinski definition) is 3. The Hall–Kier alpha value is -1.39. The van der Waals surface area contributed by atoms with Crippen molar-refractivity contribution >= 4 is 11.6 Å². The number of benzene rings is 1. The van der Waals surface area contributed by atoms with Gasteiger partial charge in [-0.3, -0.25) is 9.69 Å². The molecule has 110 valence electrons. The molecule has 0 spiro atoms. The number of hydrogen-bond donors (Lipinski definition) is 2. The second kappa shape index (κ2) is 7.41. The van der Waals surface area contributed by atoms with Crippen molar-refractivity contribution in [1.82, 2.24) is 4.90 Å². The van der Waals surface area contributed by atoms with Crippen LogP contribution in [0, 0.1) is 5.92 Å². The zero-order valence-electron chi connectivity index (χ0n) is 12.3. The average Bonchev–Trinajstić information content (AvgIpc) is 2.41. The van der Waals surface area contributed by atoms with Gasteiger partial charge in [0.15, 0.2) is 0 Å². The lowest BCUT2D eigenvalue weighted by molar-refractivity contribution is -0.117. The van der Waals surface area contributed by atoms with Crippen molar-refractivity contribution in [2.45, 2.75) is 32.7 Å². The van der Waals surface area contributed by atoms with E-state index in [0.717, 1.165) is 30.3 Å². The minimum atomic E-state index is 0.0559. The summed E-state index contributed by atoms with van der Waals surface area (Å²) in [6, 6.07) is 7.72. The zero-order valence-corrected chi connectivity index (χ0v) is 12.3. The fraction of sp³-hybridized carbons (Fsp3) is 0.562. The highest BCUT2D eigenvalue weighted by molar-refractivity contribution is 5.92. The topological polar surface area (TPSA) is 58.4 Å². The highest BCUT2D eigenvalue weighted by atomic mass is 16.2. The predicted molar refractivity (Wildman–Crippen MR) is 82.4 cm³/mol. The van der Waals surface area contributed by atoms with Gasteiger partial charge in [0.05, 0.1) is 6.54 Å². The van der Waals surface area contributed by atoms with Gasteiger partial charge in [-0.15, -0.1) is 0 Å². The monoisotopic (exact) mass is 275 g/mol. The molecule has 0 bridgehead atoms. The Balaban J connectivity index is 1.83. The molecule has 0 aliphatic heterocycles. The summed E-state index contributed by atoms with van der Waals surface area (Å²) in [4.78, 5) is 14.3. The minimum Gasteiger partial charge on any atom is -0.326 e.